The van der Waals surface area contributed by atoms with E-state index < -0.39 is 29.2 Å². The van der Waals surface area contributed by atoms with Crippen molar-refractivity contribution in [1.82, 2.24) is 0 Å². The number of rotatable bonds is 7. The maximum Gasteiger partial charge on any atom is 0.303 e. The number of fused-ring (bicyclic) bond motifs is 5. The van der Waals surface area contributed by atoms with E-state index in [1.54, 1.807) is 0 Å². The molecule has 6 nitrogen and oxygen atoms in total. The number of carboxylic acid groups (broad SMARTS) is 1. The lowest BCUT2D eigenvalue weighted by atomic mass is 9.42. The van der Waals surface area contributed by atoms with Crippen LogP contribution in [0.1, 0.15) is 91.0 Å². The van der Waals surface area contributed by atoms with Crippen molar-refractivity contribution in [1.29, 1.82) is 0 Å². The van der Waals surface area contributed by atoms with Gasteiger partial charge >= 0.3 is 11.9 Å². The predicted molar refractivity (Wildman–Crippen MR) is 169 cm³/mol. The molecule has 0 amide bonds. The van der Waals surface area contributed by atoms with Crippen LogP contribution in [0.4, 0.5) is 0 Å². The zero-order chi connectivity index (χ0) is 31.4. The van der Waals surface area contributed by atoms with E-state index in [0.717, 1.165) is 48.8 Å². The van der Waals surface area contributed by atoms with E-state index >= 15 is 0 Å². The van der Waals surface area contributed by atoms with E-state index in [1.807, 2.05) is 18.2 Å². The lowest BCUT2D eigenvalue weighted by Gasteiger charge is -2.65. The molecule has 3 N–H and O–H groups in total. The van der Waals surface area contributed by atoms with Crippen molar-refractivity contribution in [2.75, 3.05) is 0 Å². The summed E-state index contributed by atoms with van der Waals surface area (Å²) in [5.41, 5.74) is 1.77. The number of aliphatic carboxylic acids is 1. The Bertz CT molecular complexity index is 1360. The minimum atomic E-state index is -0.909. The van der Waals surface area contributed by atoms with Gasteiger partial charge in [-0.1, -0.05) is 75.4 Å². The van der Waals surface area contributed by atoms with Crippen molar-refractivity contribution >= 4 is 11.9 Å². The number of carbonyl (C=O) groups is 2. The molecule has 0 bridgehead atoms. The molecule has 2 aromatic rings. The Morgan fingerprint density at radius 3 is 2.30 bits per heavy atom. The van der Waals surface area contributed by atoms with E-state index in [-0.39, 0.29) is 41.5 Å². The molecular weight excluding hydrogens is 552 g/mol. The number of aliphatic hydroxyl groups excluding tert-OH is 1. The number of esters is 1. The van der Waals surface area contributed by atoms with Gasteiger partial charge in [0.2, 0.25) is 0 Å². The highest BCUT2D eigenvalue weighted by molar-refractivity contribution is 5.67. The largest absolute Gasteiger partial charge is 0.481 e. The average Bonchev–Trinajstić information content (AvgIpc) is 3.36. The van der Waals surface area contributed by atoms with Crippen LogP contribution in [0.25, 0.3) is 11.1 Å². The molecule has 0 saturated heterocycles. The second-order valence-corrected chi connectivity index (χ2v) is 15.2. The van der Waals surface area contributed by atoms with Crippen LogP contribution in [-0.2, 0) is 19.9 Å². The molecule has 4 aliphatic carbocycles. The first-order valence-electron chi connectivity index (χ1n) is 16.8. The van der Waals surface area contributed by atoms with E-state index in [2.05, 4.69) is 57.2 Å². The van der Waals surface area contributed by atoms with Gasteiger partial charge in [-0.15, -0.1) is 0 Å². The zero-order valence-corrected chi connectivity index (χ0v) is 26.7. The monoisotopic (exact) mass is 602 g/mol. The van der Waals surface area contributed by atoms with Crippen LogP contribution in [0.5, 0.6) is 0 Å². The van der Waals surface area contributed by atoms with Crippen LogP contribution < -0.4 is 0 Å². The van der Waals surface area contributed by atoms with E-state index in [9.17, 15) is 24.9 Å². The molecule has 4 saturated carbocycles. The maximum absolute atomic E-state index is 12.5. The number of hydrogen-bond acceptors (Lipinski definition) is 5. The van der Waals surface area contributed by atoms with Gasteiger partial charge in [-0.05, 0) is 109 Å². The van der Waals surface area contributed by atoms with Crippen molar-refractivity contribution in [2.45, 2.75) is 103 Å². The second-order valence-electron chi connectivity index (χ2n) is 15.2. The fourth-order valence-electron chi connectivity index (χ4n) is 11.1. The van der Waals surface area contributed by atoms with E-state index in [4.69, 9.17) is 4.74 Å². The number of ether oxygens (including phenoxy) is 1. The van der Waals surface area contributed by atoms with Crippen LogP contribution in [0.2, 0.25) is 0 Å². The third-order valence-electron chi connectivity index (χ3n) is 13.2. The topological polar surface area (TPSA) is 104 Å². The van der Waals surface area contributed by atoms with Crippen LogP contribution in [0, 0.1) is 46.3 Å². The molecule has 6 heteroatoms. The van der Waals surface area contributed by atoms with Gasteiger partial charge in [-0.3, -0.25) is 9.59 Å². The minimum absolute atomic E-state index is 0.0123. The Morgan fingerprint density at radius 2 is 1.64 bits per heavy atom. The zero-order valence-electron chi connectivity index (χ0n) is 26.7. The number of benzene rings is 2. The third kappa shape index (κ3) is 5.10. The fraction of sp³-hybridized carbons (Fsp3) is 0.632. The molecule has 0 aromatic heterocycles. The number of carboxylic acids is 1. The molecule has 6 rings (SSSR count). The van der Waals surface area contributed by atoms with Gasteiger partial charge in [0, 0.05) is 18.8 Å². The van der Waals surface area contributed by atoms with Crippen molar-refractivity contribution < 1.29 is 29.6 Å². The molecular formula is C38H50O6. The Hall–Kier alpha value is -2.70. The third-order valence-corrected chi connectivity index (χ3v) is 13.2. The van der Waals surface area contributed by atoms with Gasteiger partial charge < -0.3 is 20.1 Å². The van der Waals surface area contributed by atoms with Crippen LogP contribution in [0.3, 0.4) is 0 Å². The summed E-state index contributed by atoms with van der Waals surface area (Å²) < 4.78 is 6.10. The van der Waals surface area contributed by atoms with Gasteiger partial charge in [0.25, 0.3) is 0 Å². The first kappa shape index (κ1) is 31.3. The molecule has 238 valence electrons. The summed E-state index contributed by atoms with van der Waals surface area (Å²) >= 11 is 0. The van der Waals surface area contributed by atoms with Gasteiger partial charge in [0.15, 0.2) is 0 Å². The van der Waals surface area contributed by atoms with Gasteiger partial charge in [-0.2, -0.15) is 0 Å². The molecule has 11 atom stereocenters. The normalized spacial score (nSPS) is 40.3. The lowest BCUT2D eigenvalue weighted by Crippen LogP contribution is -2.66. The fourth-order valence-corrected chi connectivity index (χ4v) is 11.1. The highest BCUT2D eigenvalue weighted by Gasteiger charge is 2.68. The molecule has 2 unspecified atom stereocenters. The highest BCUT2D eigenvalue weighted by atomic mass is 16.6. The Kier molecular flexibility index (Phi) is 8.24. The quantitative estimate of drug-likeness (QED) is 0.289. The first-order valence-corrected chi connectivity index (χ1v) is 16.8. The van der Waals surface area contributed by atoms with Gasteiger partial charge in [-0.25, -0.2) is 0 Å². The van der Waals surface area contributed by atoms with Crippen LogP contribution in [0.15, 0.2) is 54.6 Å². The van der Waals surface area contributed by atoms with E-state index in [0.29, 0.717) is 31.1 Å². The Labute approximate surface area is 262 Å². The smallest absolute Gasteiger partial charge is 0.303 e. The lowest BCUT2D eigenvalue weighted by molar-refractivity contribution is -0.246. The summed E-state index contributed by atoms with van der Waals surface area (Å²) in [6.07, 6.45) is 5.41. The predicted octanol–water partition coefficient (Wildman–Crippen LogP) is 7.21. The molecule has 44 heavy (non-hydrogen) atoms. The summed E-state index contributed by atoms with van der Waals surface area (Å²) in [7, 11) is 0. The van der Waals surface area contributed by atoms with Crippen molar-refractivity contribution in [3.05, 3.63) is 60.2 Å². The van der Waals surface area contributed by atoms with Crippen LogP contribution >= 0.6 is 0 Å². The maximum atomic E-state index is 12.5. The summed E-state index contributed by atoms with van der Waals surface area (Å²) in [4.78, 5) is 23.9. The average molecular weight is 603 g/mol. The summed E-state index contributed by atoms with van der Waals surface area (Å²) in [6, 6.07) is 18.7. The number of aliphatic hydroxyl groups is 2. The Balaban J connectivity index is 1.27. The molecule has 0 aliphatic heterocycles. The second kappa shape index (κ2) is 11.6. The van der Waals surface area contributed by atoms with Crippen molar-refractivity contribution in [3.63, 3.8) is 0 Å². The molecule has 0 spiro atoms. The van der Waals surface area contributed by atoms with Gasteiger partial charge in [0.1, 0.15) is 6.10 Å². The summed E-state index contributed by atoms with van der Waals surface area (Å²) in [6.45, 7) is 8.11. The molecule has 2 aromatic carbocycles. The Morgan fingerprint density at radius 1 is 0.955 bits per heavy atom. The SMILES string of the molecule is CC(=O)OC1C(O)[C@H]2[C@@H](CC[C@@H]3C[C@](O)(c4ccc(-c5ccccc5)cc4)CC[C@@]32C)[C@@H]2CC[C@H]([C@H](C)CCC(=O)O)[C@@]12C. The first-order chi connectivity index (χ1) is 20.9. The molecule has 4 aliphatic rings. The van der Waals surface area contributed by atoms with Gasteiger partial charge in [0.05, 0.1) is 11.7 Å². The summed E-state index contributed by atoms with van der Waals surface area (Å²) in [5.74, 6) is 0.0538. The van der Waals surface area contributed by atoms with E-state index in [1.165, 1.54) is 6.92 Å². The minimum Gasteiger partial charge on any atom is -0.481 e. The summed E-state index contributed by atoms with van der Waals surface area (Å²) in [5, 5.41) is 33.7. The van der Waals surface area contributed by atoms with Crippen molar-refractivity contribution in [3.8, 4) is 11.1 Å². The number of carbonyl (C=O) groups excluding carboxylic acids is 1. The molecule has 0 radical (unpaired) electrons. The number of hydrogen-bond donors (Lipinski definition) is 3. The highest BCUT2D eigenvalue weighted by Crippen LogP contribution is 2.70. The molecule has 4 fully saturated rings. The molecule has 0 heterocycles. The van der Waals surface area contributed by atoms with Crippen molar-refractivity contribution in [2.24, 2.45) is 46.3 Å². The van der Waals surface area contributed by atoms with Crippen LogP contribution in [-0.4, -0.2) is 39.5 Å². The standard InChI is InChI=1S/C38H50O6/c1-23(10-19-32(40)41)30-17-18-31-29-16-15-28-22-38(43,27-13-11-26(12-14-27)25-8-6-5-7-9-25)21-20-36(28,3)33(29)34(42)35(37(30,31)4)44-24(2)39/h5-9,11-14,23,28-31,33-35,42-43H,10,15-22H2,1-4H3,(H,40,41)/t23-,28-,29+,30-,31+,33-,34?,35?,36+,37-,38+/m1/s1.